The number of nitrogens with zero attached hydrogens (tertiary/aromatic N) is 3. The lowest BCUT2D eigenvalue weighted by Crippen LogP contribution is -2.11. The van der Waals surface area contributed by atoms with Gasteiger partial charge in [0.25, 0.3) is 0 Å². The lowest BCUT2D eigenvalue weighted by atomic mass is 10.1. The van der Waals surface area contributed by atoms with Gasteiger partial charge in [-0.25, -0.2) is 0 Å². The molecule has 0 saturated carbocycles. The molecule has 1 aromatic heterocycles. The van der Waals surface area contributed by atoms with Crippen LogP contribution in [0.3, 0.4) is 0 Å². The van der Waals surface area contributed by atoms with Gasteiger partial charge in [0, 0.05) is 5.69 Å². The summed E-state index contributed by atoms with van der Waals surface area (Å²) in [6, 6.07) is 16.6. The predicted molar refractivity (Wildman–Crippen MR) is 102 cm³/mol. The van der Waals surface area contributed by atoms with Crippen LogP contribution in [0.2, 0.25) is 0 Å². The number of benzene rings is 2. The van der Waals surface area contributed by atoms with Crippen molar-refractivity contribution >= 4 is 17.5 Å². The number of hydrogen-bond acceptors (Lipinski definition) is 5. The second kappa shape index (κ2) is 7.75. The maximum Gasteiger partial charge on any atom is 0.245 e. The van der Waals surface area contributed by atoms with Crippen LogP contribution in [-0.4, -0.2) is 15.2 Å². The van der Waals surface area contributed by atoms with Crippen LogP contribution in [0.1, 0.15) is 36.6 Å². The van der Waals surface area contributed by atoms with Crippen molar-refractivity contribution in [3.05, 3.63) is 71.4 Å². The zero-order valence-electron chi connectivity index (χ0n) is 14.8. The molecule has 0 saturated heterocycles. The van der Waals surface area contributed by atoms with Crippen LogP contribution in [0.5, 0.6) is 0 Å². The minimum Gasteiger partial charge on any atom is -0.346 e. The van der Waals surface area contributed by atoms with E-state index >= 15 is 0 Å². The maximum absolute atomic E-state index is 4.55. The molecule has 1 atom stereocenters. The van der Waals surface area contributed by atoms with Crippen molar-refractivity contribution in [2.75, 3.05) is 10.6 Å². The maximum atomic E-state index is 4.55. The Balaban J connectivity index is 1.78. The van der Waals surface area contributed by atoms with Crippen molar-refractivity contribution in [2.45, 2.75) is 33.2 Å². The van der Waals surface area contributed by atoms with Crippen LogP contribution < -0.4 is 10.6 Å². The van der Waals surface area contributed by atoms with Crippen molar-refractivity contribution in [1.82, 2.24) is 15.2 Å². The van der Waals surface area contributed by atoms with E-state index in [0.29, 0.717) is 11.8 Å². The second-order valence-corrected chi connectivity index (χ2v) is 6.03. The average molecular weight is 333 g/mol. The van der Waals surface area contributed by atoms with Crippen LogP contribution in [-0.2, 0) is 6.42 Å². The molecule has 1 heterocycles. The summed E-state index contributed by atoms with van der Waals surface area (Å²) in [5.74, 6) is 1.19. The molecule has 25 heavy (non-hydrogen) atoms. The van der Waals surface area contributed by atoms with Gasteiger partial charge in [0.05, 0.1) is 12.2 Å². The molecule has 1 unspecified atom stereocenters. The fourth-order valence-electron chi connectivity index (χ4n) is 2.77. The van der Waals surface area contributed by atoms with Gasteiger partial charge in [-0.15, -0.1) is 5.10 Å². The third-order valence-electron chi connectivity index (χ3n) is 4.20. The van der Waals surface area contributed by atoms with Gasteiger partial charge in [-0.3, -0.25) is 0 Å². The lowest BCUT2D eigenvalue weighted by molar-refractivity contribution is 0.841. The Morgan fingerprint density at radius 2 is 1.84 bits per heavy atom. The first-order chi connectivity index (χ1) is 12.2. The van der Waals surface area contributed by atoms with Crippen molar-refractivity contribution in [1.29, 1.82) is 0 Å². The quantitative estimate of drug-likeness (QED) is 0.687. The Labute approximate surface area is 148 Å². The smallest absolute Gasteiger partial charge is 0.245 e. The number of rotatable bonds is 6. The van der Waals surface area contributed by atoms with Gasteiger partial charge in [0.2, 0.25) is 5.95 Å². The molecular formula is C20H23N5. The minimum absolute atomic E-state index is 0.0999. The predicted octanol–water partition coefficient (Wildman–Crippen LogP) is 4.66. The Bertz CT molecular complexity index is 832. The van der Waals surface area contributed by atoms with Gasteiger partial charge < -0.3 is 10.6 Å². The highest BCUT2D eigenvalue weighted by Gasteiger charge is 2.09. The van der Waals surface area contributed by atoms with Crippen LogP contribution in [0, 0.1) is 6.92 Å². The lowest BCUT2D eigenvalue weighted by Gasteiger charge is -2.16. The second-order valence-electron chi connectivity index (χ2n) is 6.03. The zero-order chi connectivity index (χ0) is 17.6. The number of aryl methyl sites for hydroxylation is 2. The SMILES string of the molecule is CCc1cccc(C)c1Nc1cnnc(NC(C)c2ccccc2)n1. The molecule has 2 N–H and O–H groups in total. The molecular weight excluding hydrogens is 310 g/mol. The van der Waals surface area contributed by atoms with Gasteiger partial charge in [0.1, 0.15) is 0 Å². The van der Waals surface area contributed by atoms with Gasteiger partial charge in [-0.05, 0) is 37.0 Å². The van der Waals surface area contributed by atoms with E-state index in [-0.39, 0.29) is 6.04 Å². The molecule has 0 amide bonds. The summed E-state index contributed by atoms with van der Waals surface area (Å²) in [5.41, 5.74) is 4.71. The Hall–Kier alpha value is -2.95. The van der Waals surface area contributed by atoms with Crippen LogP contribution in [0.25, 0.3) is 0 Å². The Morgan fingerprint density at radius 3 is 2.60 bits per heavy atom. The monoisotopic (exact) mass is 333 g/mol. The highest BCUT2D eigenvalue weighted by Crippen LogP contribution is 2.25. The molecule has 3 aromatic rings. The van der Waals surface area contributed by atoms with E-state index in [0.717, 1.165) is 12.1 Å². The molecule has 5 heteroatoms. The molecule has 0 bridgehead atoms. The molecule has 2 aromatic carbocycles. The third kappa shape index (κ3) is 4.12. The van der Waals surface area contributed by atoms with Gasteiger partial charge in [-0.1, -0.05) is 55.5 Å². The number of nitrogens with one attached hydrogen (secondary N) is 2. The highest BCUT2D eigenvalue weighted by molar-refractivity contribution is 5.64. The van der Waals surface area contributed by atoms with E-state index in [1.807, 2.05) is 18.2 Å². The van der Waals surface area contributed by atoms with Gasteiger partial charge in [-0.2, -0.15) is 10.1 Å². The fourth-order valence-corrected chi connectivity index (χ4v) is 2.77. The summed E-state index contributed by atoms with van der Waals surface area (Å²) < 4.78 is 0. The first-order valence-corrected chi connectivity index (χ1v) is 8.54. The topological polar surface area (TPSA) is 62.7 Å². The molecule has 128 valence electrons. The van der Waals surface area contributed by atoms with Crippen molar-refractivity contribution in [3.63, 3.8) is 0 Å². The van der Waals surface area contributed by atoms with Gasteiger partial charge >= 0.3 is 0 Å². The Kier molecular flexibility index (Phi) is 5.23. The van der Waals surface area contributed by atoms with E-state index in [1.54, 1.807) is 6.20 Å². The molecule has 0 radical (unpaired) electrons. The fraction of sp³-hybridized carbons (Fsp3) is 0.250. The van der Waals surface area contributed by atoms with E-state index < -0.39 is 0 Å². The van der Waals surface area contributed by atoms with Crippen molar-refractivity contribution in [3.8, 4) is 0 Å². The zero-order valence-corrected chi connectivity index (χ0v) is 14.8. The molecule has 5 nitrogen and oxygen atoms in total. The summed E-state index contributed by atoms with van der Waals surface area (Å²) in [7, 11) is 0. The van der Waals surface area contributed by atoms with Crippen molar-refractivity contribution < 1.29 is 0 Å². The number of para-hydroxylation sites is 1. The summed E-state index contributed by atoms with van der Waals surface area (Å²) in [4.78, 5) is 4.55. The number of hydrogen-bond donors (Lipinski definition) is 2. The minimum atomic E-state index is 0.0999. The third-order valence-corrected chi connectivity index (χ3v) is 4.20. The normalized spacial score (nSPS) is 11.8. The summed E-state index contributed by atoms with van der Waals surface area (Å²) >= 11 is 0. The van der Waals surface area contributed by atoms with Crippen LogP contribution in [0.4, 0.5) is 17.5 Å². The molecule has 0 spiro atoms. The summed E-state index contributed by atoms with van der Waals surface area (Å²) in [6.45, 7) is 6.31. The molecule has 0 aliphatic rings. The Morgan fingerprint density at radius 1 is 1.04 bits per heavy atom. The molecule has 0 aliphatic carbocycles. The number of aromatic nitrogens is 3. The van der Waals surface area contributed by atoms with Crippen molar-refractivity contribution in [2.24, 2.45) is 0 Å². The highest BCUT2D eigenvalue weighted by atomic mass is 15.3. The van der Waals surface area contributed by atoms with E-state index in [2.05, 4.69) is 76.9 Å². The molecule has 0 fully saturated rings. The van der Waals surface area contributed by atoms with E-state index in [9.17, 15) is 0 Å². The first kappa shape index (κ1) is 16.9. The van der Waals surface area contributed by atoms with E-state index in [1.165, 1.54) is 16.7 Å². The van der Waals surface area contributed by atoms with E-state index in [4.69, 9.17) is 0 Å². The molecule has 0 aliphatic heterocycles. The largest absolute Gasteiger partial charge is 0.346 e. The standard InChI is InChI=1S/C20H23N5/c1-4-16-12-8-9-14(2)19(16)23-18-13-21-25-20(24-18)22-15(3)17-10-6-5-7-11-17/h5-13,15H,4H2,1-3H3,(H2,22,23,24,25). The summed E-state index contributed by atoms with van der Waals surface area (Å²) in [5, 5.41) is 14.9. The average Bonchev–Trinajstić information content (AvgIpc) is 2.64. The van der Waals surface area contributed by atoms with Gasteiger partial charge in [0.15, 0.2) is 5.82 Å². The summed E-state index contributed by atoms with van der Waals surface area (Å²) in [6.07, 6.45) is 2.60. The molecule has 3 rings (SSSR count). The van der Waals surface area contributed by atoms with Crippen LogP contribution >= 0.6 is 0 Å². The van der Waals surface area contributed by atoms with Crippen LogP contribution in [0.15, 0.2) is 54.7 Å². The first-order valence-electron chi connectivity index (χ1n) is 8.54. The number of anilines is 3.